The van der Waals surface area contributed by atoms with E-state index in [1.54, 1.807) is 19.2 Å². The monoisotopic (exact) mass is 439 g/mol. The number of amides is 1. The maximum atomic E-state index is 13.3. The third-order valence-electron chi connectivity index (χ3n) is 4.81. The zero-order chi connectivity index (χ0) is 22.5. The number of hydrogen-bond acceptors (Lipinski definition) is 2. The second kappa shape index (κ2) is 9.98. The van der Waals surface area contributed by atoms with Gasteiger partial charge in [-0.2, -0.15) is 18.3 Å². The summed E-state index contributed by atoms with van der Waals surface area (Å²) in [5.74, 6) is -0.555. The molecule has 0 saturated carbocycles. The fourth-order valence-electron chi connectivity index (χ4n) is 2.83. The Balaban J connectivity index is 2.33. The van der Waals surface area contributed by atoms with E-state index in [0.717, 1.165) is 22.7 Å². The van der Waals surface area contributed by atoms with Crippen molar-refractivity contribution in [3.63, 3.8) is 0 Å². The van der Waals surface area contributed by atoms with Crippen LogP contribution in [0.3, 0.4) is 0 Å². The van der Waals surface area contributed by atoms with E-state index in [1.165, 1.54) is 17.0 Å². The van der Waals surface area contributed by atoms with Gasteiger partial charge in [0.2, 0.25) is 0 Å². The van der Waals surface area contributed by atoms with Crippen molar-refractivity contribution in [3.05, 3.63) is 70.5 Å². The van der Waals surface area contributed by atoms with E-state index in [4.69, 9.17) is 11.6 Å². The van der Waals surface area contributed by atoms with Gasteiger partial charge in [0.15, 0.2) is 5.69 Å². The number of allylic oxidation sites excluding steroid dienone is 4. The normalized spacial score (nSPS) is 13.7. The summed E-state index contributed by atoms with van der Waals surface area (Å²) in [6.45, 7) is 5.79. The molecule has 1 heterocycles. The Hall–Kier alpha value is -2.54. The molecule has 0 aliphatic heterocycles. The second-order valence-electron chi connectivity index (χ2n) is 7.12. The molecule has 0 bridgehead atoms. The van der Waals surface area contributed by atoms with Gasteiger partial charge < -0.3 is 4.90 Å². The van der Waals surface area contributed by atoms with E-state index in [-0.39, 0.29) is 22.4 Å². The summed E-state index contributed by atoms with van der Waals surface area (Å²) in [7, 11) is 1.58. The highest BCUT2D eigenvalue weighted by Crippen LogP contribution is 2.31. The van der Waals surface area contributed by atoms with Gasteiger partial charge in [-0.05, 0) is 45.7 Å². The number of nitrogens with zero attached hydrogens (tertiary/aromatic N) is 3. The molecule has 0 radical (unpaired) electrons. The maximum Gasteiger partial charge on any atom is 0.435 e. The quantitative estimate of drug-likeness (QED) is 0.474. The van der Waals surface area contributed by atoms with Crippen molar-refractivity contribution in [2.24, 2.45) is 0 Å². The van der Waals surface area contributed by atoms with Gasteiger partial charge in [0.25, 0.3) is 5.91 Å². The van der Waals surface area contributed by atoms with Crippen LogP contribution in [-0.4, -0.2) is 33.7 Å². The number of carbonyl (C=O) groups excluding carboxylic acids is 1. The van der Waals surface area contributed by atoms with E-state index in [0.29, 0.717) is 6.42 Å². The molecule has 0 fully saturated rings. The molecule has 30 heavy (non-hydrogen) atoms. The molecule has 1 atom stereocenters. The molecular weight excluding hydrogens is 415 g/mol. The summed E-state index contributed by atoms with van der Waals surface area (Å²) in [5, 5.41) is 3.82. The van der Waals surface area contributed by atoms with E-state index < -0.39 is 17.8 Å². The minimum absolute atomic E-state index is 0.185. The molecule has 4 nitrogen and oxygen atoms in total. The van der Waals surface area contributed by atoms with Gasteiger partial charge in [0.05, 0.1) is 10.7 Å². The van der Waals surface area contributed by atoms with Crippen molar-refractivity contribution in [1.29, 1.82) is 0 Å². The molecule has 0 spiro atoms. The van der Waals surface area contributed by atoms with E-state index in [2.05, 4.69) is 5.10 Å². The highest BCUT2D eigenvalue weighted by Gasteiger charge is 2.37. The molecular formula is C22H25ClF3N3O. The van der Waals surface area contributed by atoms with Gasteiger partial charge in [-0.25, -0.2) is 4.68 Å². The Labute approximate surface area is 179 Å². The Morgan fingerprint density at radius 1 is 1.33 bits per heavy atom. The van der Waals surface area contributed by atoms with E-state index in [9.17, 15) is 18.0 Å². The highest BCUT2D eigenvalue weighted by atomic mass is 35.5. The molecule has 162 valence electrons. The Bertz CT molecular complexity index is 947. The molecule has 0 N–H and O–H groups in total. The number of aromatic nitrogens is 2. The first-order valence-corrected chi connectivity index (χ1v) is 9.91. The highest BCUT2D eigenvalue weighted by molar-refractivity contribution is 6.32. The van der Waals surface area contributed by atoms with Crippen LogP contribution in [-0.2, 0) is 6.18 Å². The summed E-state index contributed by atoms with van der Waals surface area (Å²) in [5.41, 5.74) is 0.0355. The largest absolute Gasteiger partial charge is 0.435 e. The summed E-state index contributed by atoms with van der Waals surface area (Å²) in [6, 6.07) is 6.91. The third kappa shape index (κ3) is 5.75. The molecule has 0 saturated heterocycles. The van der Waals surface area contributed by atoms with Gasteiger partial charge in [0, 0.05) is 19.2 Å². The predicted octanol–water partition coefficient (Wildman–Crippen LogP) is 6.31. The lowest BCUT2D eigenvalue weighted by molar-refractivity contribution is -0.141. The van der Waals surface area contributed by atoms with Crippen molar-refractivity contribution >= 4 is 17.5 Å². The molecule has 2 rings (SSSR count). The fourth-order valence-corrected chi connectivity index (χ4v) is 3.05. The van der Waals surface area contributed by atoms with Gasteiger partial charge in [-0.3, -0.25) is 4.79 Å². The lowest BCUT2D eigenvalue weighted by atomic mass is 10.1. The summed E-state index contributed by atoms with van der Waals surface area (Å²) < 4.78 is 40.8. The number of carbonyl (C=O) groups is 1. The van der Waals surface area contributed by atoms with Crippen LogP contribution in [0.25, 0.3) is 5.69 Å². The van der Waals surface area contributed by atoms with Crippen LogP contribution in [0.2, 0.25) is 5.02 Å². The summed E-state index contributed by atoms with van der Waals surface area (Å²) in [4.78, 5) is 14.5. The summed E-state index contributed by atoms with van der Waals surface area (Å²) in [6.07, 6.45) is 2.62. The molecule has 1 unspecified atom stereocenters. The van der Waals surface area contributed by atoms with Crippen molar-refractivity contribution < 1.29 is 18.0 Å². The molecule has 1 amide bonds. The SMILES string of the molecule is C/C=C\C=C(/C)CCC(C)N(C)C(=O)c1cc(C(F)(F)F)nn1-c1ccccc1Cl. The number of rotatable bonds is 7. The standard InChI is InChI=1S/C22H25ClF3N3O/c1-5-6-9-15(2)12-13-16(3)28(4)21(30)19-14-20(22(24,25)26)27-29(19)18-11-8-7-10-17(18)23/h5-11,14,16H,12-13H2,1-4H3/b6-5-,15-9+. The maximum absolute atomic E-state index is 13.3. The van der Waals surface area contributed by atoms with Crippen molar-refractivity contribution in [2.75, 3.05) is 7.05 Å². The van der Waals surface area contributed by atoms with Crippen LogP contribution in [0.5, 0.6) is 0 Å². The third-order valence-corrected chi connectivity index (χ3v) is 5.13. The lowest BCUT2D eigenvalue weighted by Crippen LogP contribution is -2.36. The average Bonchev–Trinajstić information content (AvgIpc) is 3.15. The molecule has 1 aromatic heterocycles. The molecule has 0 aliphatic carbocycles. The van der Waals surface area contributed by atoms with Crippen LogP contribution >= 0.6 is 11.6 Å². The minimum atomic E-state index is -4.68. The summed E-state index contributed by atoms with van der Waals surface area (Å²) >= 11 is 6.15. The minimum Gasteiger partial charge on any atom is -0.338 e. The zero-order valence-electron chi connectivity index (χ0n) is 17.4. The van der Waals surface area contributed by atoms with Crippen LogP contribution in [0.1, 0.15) is 49.8 Å². The van der Waals surface area contributed by atoms with Crippen LogP contribution < -0.4 is 0 Å². The van der Waals surface area contributed by atoms with Crippen LogP contribution in [0.15, 0.2) is 54.1 Å². The van der Waals surface area contributed by atoms with Gasteiger partial charge >= 0.3 is 6.18 Å². The average molecular weight is 440 g/mol. The van der Waals surface area contributed by atoms with E-state index in [1.807, 2.05) is 39.0 Å². The first-order chi connectivity index (χ1) is 14.1. The van der Waals surface area contributed by atoms with E-state index >= 15 is 0 Å². The van der Waals surface area contributed by atoms with Crippen LogP contribution in [0.4, 0.5) is 13.2 Å². The Kier molecular flexibility index (Phi) is 7.89. The fraction of sp³-hybridized carbons (Fsp3) is 0.364. The van der Waals surface area contributed by atoms with Gasteiger partial charge in [0.1, 0.15) is 5.69 Å². The lowest BCUT2D eigenvalue weighted by Gasteiger charge is -2.25. The topological polar surface area (TPSA) is 38.1 Å². The number of alkyl halides is 3. The van der Waals surface area contributed by atoms with Crippen molar-refractivity contribution in [2.45, 2.75) is 45.8 Å². The first-order valence-electron chi connectivity index (χ1n) is 9.54. The number of para-hydroxylation sites is 1. The second-order valence-corrected chi connectivity index (χ2v) is 7.53. The Morgan fingerprint density at radius 2 is 2.00 bits per heavy atom. The number of halogens is 4. The first kappa shape index (κ1) is 23.7. The van der Waals surface area contributed by atoms with Crippen molar-refractivity contribution in [3.8, 4) is 5.69 Å². The van der Waals surface area contributed by atoms with Gasteiger partial charge in [-0.15, -0.1) is 0 Å². The number of hydrogen-bond donors (Lipinski definition) is 0. The van der Waals surface area contributed by atoms with Crippen molar-refractivity contribution in [1.82, 2.24) is 14.7 Å². The smallest absolute Gasteiger partial charge is 0.338 e. The predicted molar refractivity (Wildman–Crippen MR) is 113 cm³/mol. The van der Waals surface area contributed by atoms with Crippen LogP contribution in [0, 0.1) is 0 Å². The molecule has 1 aromatic carbocycles. The molecule has 2 aromatic rings. The van der Waals surface area contributed by atoms with Gasteiger partial charge in [-0.1, -0.05) is 47.5 Å². The number of benzene rings is 1. The Morgan fingerprint density at radius 3 is 2.60 bits per heavy atom. The zero-order valence-corrected chi connectivity index (χ0v) is 18.1. The molecule has 0 aliphatic rings. The molecule has 8 heteroatoms.